The van der Waals surface area contributed by atoms with Crippen molar-refractivity contribution in [3.05, 3.63) is 23.8 Å². The highest BCUT2D eigenvalue weighted by atomic mass is 15.2. The smallest absolute Gasteiger partial charge is 0.201 e. The third-order valence-electron chi connectivity index (χ3n) is 3.98. The van der Waals surface area contributed by atoms with Gasteiger partial charge in [0.1, 0.15) is 11.6 Å². The number of nitriles is 1. The second-order valence-corrected chi connectivity index (χ2v) is 5.52. The molecule has 18 heavy (non-hydrogen) atoms. The number of para-hydroxylation sites is 1. The van der Waals surface area contributed by atoms with E-state index in [-0.39, 0.29) is 5.54 Å². The summed E-state index contributed by atoms with van der Waals surface area (Å²) in [7, 11) is 0. The molecule has 92 valence electrons. The van der Waals surface area contributed by atoms with Gasteiger partial charge in [-0.2, -0.15) is 5.26 Å². The predicted molar refractivity (Wildman–Crippen MR) is 70.9 cm³/mol. The lowest BCUT2D eigenvalue weighted by atomic mass is 9.98. The minimum atomic E-state index is -0.0348. The molecule has 3 rings (SSSR count). The summed E-state index contributed by atoms with van der Waals surface area (Å²) in [6, 6.07) is 7.84. The molecule has 0 amide bonds. The van der Waals surface area contributed by atoms with Gasteiger partial charge in [0, 0.05) is 5.54 Å². The molecule has 1 heterocycles. The molecule has 0 radical (unpaired) electrons. The minimum Gasteiger partial charge on any atom is -0.369 e. The number of benzene rings is 1. The molecule has 0 atom stereocenters. The Morgan fingerprint density at radius 1 is 1.44 bits per heavy atom. The number of rotatable bonds is 2. The maximum Gasteiger partial charge on any atom is 0.201 e. The minimum absolute atomic E-state index is 0.0348. The van der Waals surface area contributed by atoms with Crippen LogP contribution >= 0.6 is 0 Å². The number of imidazole rings is 1. The molecule has 0 spiro atoms. The molecule has 0 bridgehead atoms. The molecule has 1 aliphatic carbocycles. The second kappa shape index (κ2) is 3.49. The highest BCUT2D eigenvalue weighted by Crippen LogP contribution is 2.46. The fraction of sp³-hybridized carbons (Fsp3) is 0.429. The van der Waals surface area contributed by atoms with Gasteiger partial charge in [-0.1, -0.05) is 6.07 Å². The van der Waals surface area contributed by atoms with E-state index in [1.54, 1.807) is 6.07 Å². The normalized spacial score (nSPS) is 15.8. The largest absolute Gasteiger partial charge is 0.369 e. The maximum absolute atomic E-state index is 9.12. The predicted octanol–water partition coefficient (Wildman–Crippen LogP) is 2.64. The quantitative estimate of drug-likeness (QED) is 0.877. The zero-order chi connectivity index (χ0) is 12.9. The first kappa shape index (κ1) is 11.1. The van der Waals surface area contributed by atoms with Gasteiger partial charge >= 0.3 is 0 Å². The lowest BCUT2D eigenvalue weighted by Crippen LogP contribution is -2.29. The number of anilines is 1. The molecule has 0 unspecified atom stereocenters. The van der Waals surface area contributed by atoms with E-state index >= 15 is 0 Å². The average Bonchev–Trinajstić information content (AvgIpc) is 3.11. The van der Waals surface area contributed by atoms with E-state index in [4.69, 9.17) is 11.0 Å². The maximum atomic E-state index is 9.12. The molecule has 1 aliphatic rings. The number of hydrogen-bond acceptors (Lipinski definition) is 3. The molecule has 1 aromatic carbocycles. The van der Waals surface area contributed by atoms with Gasteiger partial charge in [0.2, 0.25) is 5.95 Å². The highest BCUT2D eigenvalue weighted by molar-refractivity contribution is 5.84. The molecule has 0 saturated heterocycles. The van der Waals surface area contributed by atoms with Crippen LogP contribution in [0, 0.1) is 17.2 Å². The molecule has 4 nitrogen and oxygen atoms in total. The van der Waals surface area contributed by atoms with Crippen molar-refractivity contribution in [3.8, 4) is 6.07 Å². The van der Waals surface area contributed by atoms with Crippen LogP contribution in [-0.2, 0) is 5.54 Å². The summed E-state index contributed by atoms with van der Waals surface area (Å²) in [6.45, 7) is 4.39. The van der Waals surface area contributed by atoms with E-state index in [1.165, 1.54) is 12.8 Å². The van der Waals surface area contributed by atoms with E-state index in [0.717, 1.165) is 5.52 Å². The zero-order valence-corrected chi connectivity index (χ0v) is 10.6. The number of nitrogens with two attached hydrogens (primary N) is 1. The van der Waals surface area contributed by atoms with E-state index in [1.807, 2.05) is 12.1 Å². The molecule has 2 aromatic rings. The van der Waals surface area contributed by atoms with Crippen molar-refractivity contribution < 1.29 is 0 Å². The summed E-state index contributed by atoms with van der Waals surface area (Å²) >= 11 is 0. The van der Waals surface area contributed by atoms with Gasteiger partial charge in [0.05, 0.1) is 11.1 Å². The SMILES string of the molecule is CC(C)(C1CC1)n1c(N)nc2c(C#N)cccc21. The fourth-order valence-corrected chi connectivity index (χ4v) is 2.79. The lowest BCUT2D eigenvalue weighted by Gasteiger charge is -2.28. The summed E-state index contributed by atoms with van der Waals surface area (Å²) in [5, 5.41) is 9.12. The molecular formula is C14H16N4. The van der Waals surface area contributed by atoms with Gasteiger partial charge in [-0.05, 0) is 44.7 Å². The van der Waals surface area contributed by atoms with Crippen LogP contribution in [0.3, 0.4) is 0 Å². The van der Waals surface area contributed by atoms with Gasteiger partial charge in [-0.25, -0.2) is 4.98 Å². The fourth-order valence-electron chi connectivity index (χ4n) is 2.79. The summed E-state index contributed by atoms with van der Waals surface area (Å²) in [4.78, 5) is 4.38. The van der Waals surface area contributed by atoms with Crippen LogP contribution in [0.25, 0.3) is 11.0 Å². The zero-order valence-electron chi connectivity index (χ0n) is 10.6. The highest BCUT2D eigenvalue weighted by Gasteiger charge is 2.41. The van der Waals surface area contributed by atoms with Crippen molar-refractivity contribution in [2.75, 3.05) is 5.73 Å². The molecule has 1 aromatic heterocycles. The van der Waals surface area contributed by atoms with Crippen LogP contribution in [0.4, 0.5) is 5.95 Å². The molecular weight excluding hydrogens is 224 g/mol. The van der Waals surface area contributed by atoms with E-state index in [9.17, 15) is 0 Å². The van der Waals surface area contributed by atoms with Gasteiger partial charge < -0.3 is 10.3 Å². The summed E-state index contributed by atoms with van der Waals surface area (Å²) in [5.74, 6) is 1.16. The third kappa shape index (κ3) is 1.40. The summed E-state index contributed by atoms with van der Waals surface area (Å²) in [6.07, 6.45) is 2.48. The van der Waals surface area contributed by atoms with Crippen LogP contribution in [0.15, 0.2) is 18.2 Å². The first-order valence-electron chi connectivity index (χ1n) is 6.23. The second-order valence-electron chi connectivity index (χ2n) is 5.52. The van der Waals surface area contributed by atoms with Crippen LogP contribution < -0.4 is 5.73 Å². The van der Waals surface area contributed by atoms with Gasteiger partial charge in [0.25, 0.3) is 0 Å². The van der Waals surface area contributed by atoms with Crippen LogP contribution in [0.2, 0.25) is 0 Å². The van der Waals surface area contributed by atoms with E-state index in [0.29, 0.717) is 22.9 Å². The molecule has 2 N–H and O–H groups in total. The number of hydrogen-bond donors (Lipinski definition) is 1. The molecule has 1 saturated carbocycles. The van der Waals surface area contributed by atoms with Crippen molar-refractivity contribution in [1.29, 1.82) is 5.26 Å². The summed E-state index contributed by atoms with van der Waals surface area (Å²) in [5.41, 5.74) is 8.30. The van der Waals surface area contributed by atoms with Gasteiger partial charge in [0.15, 0.2) is 0 Å². The Hall–Kier alpha value is -2.02. The van der Waals surface area contributed by atoms with E-state index < -0.39 is 0 Å². The van der Waals surface area contributed by atoms with Gasteiger partial charge in [-0.3, -0.25) is 0 Å². The topological polar surface area (TPSA) is 67.6 Å². The Balaban J connectivity index is 2.30. The molecule has 1 fully saturated rings. The number of nitrogen functional groups attached to an aromatic ring is 1. The first-order chi connectivity index (χ1) is 8.55. The van der Waals surface area contributed by atoms with Gasteiger partial charge in [-0.15, -0.1) is 0 Å². The standard InChI is InChI=1S/C14H16N4/c1-14(2,10-6-7-10)18-11-5-3-4-9(8-15)12(11)17-13(18)16/h3-5,10H,6-7H2,1-2H3,(H2,16,17). The summed E-state index contributed by atoms with van der Waals surface area (Å²) < 4.78 is 2.08. The first-order valence-corrected chi connectivity index (χ1v) is 6.23. The Kier molecular flexibility index (Phi) is 2.15. The van der Waals surface area contributed by atoms with Crippen molar-refractivity contribution in [3.63, 3.8) is 0 Å². The van der Waals surface area contributed by atoms with Crippen LogP contribution in [-0.4, -0.2) is 9.55 Å². The van der Waals surface area contributed by atoms with Crippen LogP contribution in [0.1, 0.15) is 32.3 Å². The monoisotopic (exact) mass is 240 g/mol. The molecule has 4 heteroatoms. The number of nitrogens with zero attached hydrogens (tertiary/aromatic N) is 3. The van der Waals surface area contributed by atoms with Crippen molar-refractivity contribution in [2.24, 2.45) is 5.92 Å². The number of aromatic nitrogens is 2. The Bertz CT molecular complexity index is 656. The van der Waals surface area contributed by atoms with Crippen LogP contribution in [0.5, 0.6) is 0 Å². The Morgan fingerprint density at radius 2 is 2.17 bits per heavy atom. The Labute approximate surface area is 106 Å². The average molecular weight is 240 g/mol. The Morgan fingerprint density at radius 3 is 2.78 bits per heavy atom. The van der Waals surface area contributed by atoms with Crippen molar-refractivity contribution in [1.82, 2.24) is 9.55 Å². The van der Waals surface area contributed by atoms with Crippen molar-refractivity contribution in [2.45, 2.75) is 32.2 Å². The number of fused-ring (bicyclic) bond motifs is 1. The lowest BCUT2D eigenvalue weighted by molar-refractivity contribution is 0.318. The van der Waals surface area contributed by atoms with E-state index in [2.05, 4.69) is 29.5 Å². The third-order valence-corrected chi connectivity index (χ3v) is 3.98. The molecule has 0 aliphatic heterocycles. The van der Waals surface area contributed by atoms with Crippen molar-refractivity contribution >= 4 is 17.0 Å².